The fourth-order valence-corrected chi connectivity index (χ4v) is 3.19. The van der Waals surface area contributed by atoms with Crippen molar-refractivity contribution in [3.05, 3.63) is 59.7 Å². The highest BCUT2D eigenvalue weighted by Gasteiger charge is 2.31. The van der Waals surface area contributed by atoms with E-state index in [9.17, 15) is 22.0 Å². The van der Waals surface area contributed by atoms with Gasteiger partial charge >= 0.3 is 6.36 Å². The van der Waals surface area contributed by atoms with Gasteiger partial charge in [-0.2, -0.15) is 0 Å². The lowest BCUT2D eigenvalue weighted by atomic mass is 10.1. The molecule has 3 rings (SSSR count). The molecule has 170 valence electrons. The van der Waals surface area contributed by atoms with Crippen molar-refractivity contribution in [2.24, 2.45) is 16.6 Å². The zero-order chi connectivity index (χ0) is 21.7. The summed E-state index contributed by atoms with van der Waals surface area (Å²) in [5, 5.41) is 3.02. The standard InChI is InChI=1S/C20H21F5N4O.HI/c21-17-6-3-15(9-18(17)22)29-8-7-14(12-29)11-28-19(26)27-10-13-1-4-16(5-2-13)30-20(23,24)25;/h1-6,9,14H,7-8,10-12H2,(H3,26,27,28);1H. The first kappa shape index (κ1) is 25.0. The predicted octanol–water partition coefficient (Wildman–Crippen LogP) is 4.41. The van der Waals surface area contributed by atoms with E-state index in [0.717, 1.165) is 19.0 Å². The molecule has 2 aromatic rings. The third-order valence-electron chi connectivity index (χ3n) is 4.71. The number of nitrogens with two attached hydrogens (primary N) is 1. The number of halogens is 6. The van der Waals surface area contributed by atoms with Crippen LogP contribution in [0.4, 0.5) is 27.6 Å². The lowest BCUT2D eigenvalue weighted by Crippen LogP contribution is -2.36. The van der Waals surface area contributed by atoms with E-state index >= 15 is 0 Å². The van der Waals surface area contributed by atoms with Crippen molar-refractivity contribution in [3.63, 3.8) is 0 Å². The number of alkyl halides is 3. The Morgan fingerprint density at radius 2 is 1.84 bits per heavy atom. The molecule has 0 radical (unpaired) electrons. The van der Waals surface area contributed by atoms with E-state index in [4.69, 9.17) is 5.73 Å². The maximum absolute atomic E-state index is 13.4. The number of ether oxygens (including phenoxy) is 1. The Kier molecular flexibility index (Phi) is 8.71. The zero-order valence-corrected chi connectivity index (χ0v) is 18.7. The predicted molar refractivity (Wildman–Crippen MR) is 119 cm³/mol. The smallest absolute Gasteiger partial charge is 0.406 e. The van der Waals surface area contributed by atoms with E-state index < -0.39 is 18.0 Å². The fourth-order valence-electron chi connectivity index (χ4n) is 3.19. The van der Waals surface area contributed by atoms with E-state index in [1.165, 1.54) is 30.3 Å². The Morgan fingerprint density at radius 1 is 1.13 bits per heavy atom. The third-order valence-corrected chi connectivity index (χ3v) is 4.71. The molecule has 0 amide bonds. The Morgan fingerprint density at radius 3 is 2.48 bits per heavy atom. The van der Waals surface area contributed by atoms with Gasteiger partial charge in [0.15, 0.2) is 17.6 Å². The molecule has 0 bridgehead atoms. The quantitative estimate of drug-likeness (QED) is 0.240. The summed E-state index contributed by atoms with van der Waals surface area (Å²) in [4.78, 5) is 6.15. The van der Waals surface area contributed by atoms with Gasteiger partial charge in [-0.3, -0.25) is 0 Å². The van der Waals surface area contributed by atoms with E-state index in [0.29, 0.717) is 24.3 Å². The molecular weight excluding hydrogens is 534 g/mol. The van der Waals surface area contributed by atoms with Crippen molar-refractivity contribution in [2.75, 3.05) is 24.5 Å². The van der Waals surface area contributed by atoms with Crippen molar-refractivity contribution in [1.29, 1.82) is 0 Å². The Hall–Kier alpha value is -2.31. The molecule has 0 saturated carbocycles. The summed E-state index contributed by atoms with van der Waals surface area (Å²) in [5.74, 6) is -1.57. The van der Waals surface area contributed by atoms with Gasteiger partial charge in [-0.15, -0.1) is 37.1 Å². The molecule has 1 aliphatic heterocycles. The molecule has 1 aliphatic rings. The molecule has 0 aliphatic carbocycles. The monoisotopic (exact) mass is 556 g/mol. The summed E-state index contributed by atoms with van der Waals surface area (Å²) >= 11 is 0. The molecular formula is C20H22F5IN4O. The highest BCUT2D eigenvalue weighted by molar-refractivity contribution is 14.0. The van der Waals surface area contributed by atoms with Gasteiger partial charge in [-0.05, 0) is 42.2 Å². The summed E-state index contributed by atoms with van der Waals surface area (Å²) in [7, 11) is 0. The SMILES string of the molecule is I.NC(=NCc1ccc(OC(F)(F)F)cc1)NCC1CCN(c2ccc(F)c(F)c2)C1. The van der Waals surface area contributed by atoms with Crippen LogP contribution in [0.1, 0.15) is 12.0 Å². The Labute approximate surface area is 193 Å². The number of hydrogen-bond donors (Lipinski definition) is 2. The second-order valence-electron chi connectivity index (χ2n) is 6.97. The second kappa shape index (κ2) is 10.8. The minimum atomic E-state index is -4.73. The molecule has 5 nitrogen and oxygen atoms in total. The Balaban J connectivity index is 0.00000341. The van der Waals surface area contributed by atoms with Crippen molar-refractivity contribution in [2.45, 2.75) is 19.3 Å². The van der Waals surface area contributed by atoms with Crippen LogP contribution >= 0.6 is 24.0 Å². The number of aliphatic imine (C=N–C) groups is 1. The average Bonchev–Trinajstić information content (AvgIpc) is 3.16. The summed E-state index contributed by atoms with van der Waals surface area (Å²) in [6.07, 6.45) is -3.87. The lowest BCUT2D eigenvalue weighted by Gasteiger charge is -2.19. The largest absolute Gasteiger partial charge is 0.573 e. The van der Waals surface area contributed by atoms with Gasteiger partial charge < -0.3 is 20.7 Å². The fraction of sp³-hybridized carbons (Fsp3) is 0.350. The molecule has 1 heterocycles. The number of benzene rings is 2. The molecule has 11 heteroatoms. The molecule has 31 heavy (non-hydrogen) atoms. The summed E-state index contributed by atoms with van der Waals surface area (Å²) < 4.78 is 66.8. The third kappa shape index (κ3) is 7.71. The van der Waals surface area contributed by atoms with Crippen LogP contribution in [-0.4, -0.2) is 32.0 Å². The van der Waals surface area contributed by atoms with Crippen LogP contribution < -0.4 is 20.7 Å². The highest BCUT2D eigenvalue weighted by atomic mass is 127. The van der Waals surface area contributed by atoms with Gasteiger partial charge in [0.1, 0.15) is 5.75 Å². The van der Waals surface area contributed by atoms with Gasteiger partial charge in [0.2, 0.25) is 0 Å². The van der Waals surface area contributed by atoms with E-state index in [-0.39, 0.29) is 48.1 Å². The molecule has 0 aromatic heterocycles. The van der Waals surface area contributed by atoms with Crippen LogP contribution in [0.5, 0.6) is 5.75 Å². The second-order valence-corrected chi connectivity index (χ2v) is 6.97. The minimum Gasteiger partial charge on any atom is -0.406 e. The minimum absolute atomic E-state index is 0. The maximum Gasteiger partial charge on any atom is 0.573 e. The van der Waals surface area contributed by atoms with Gasteiger partial charge in [0, 0.05) is 31.4 Å². The van der Waals surface area contributed by atoms with Crippen molar-refractivity contribution < 1.29 is 26.7 Å². The maximum atomic E-state index is 13.4. The number of guanidine groups is 1. The first-order valence-electron chi connectivity index (χ1n) is 9.28. The molecule has 1 unspecified atom stereocenters. The summed E-state index contributed by atoms with van der Waals surface area (Å²) in [6.45, 7) is 2.16. The lowest BCUT2D eigenvalue weighted by molar-refractivity contribution is -0.274. The topological polar surface area (TPSA) is 62.9 Å². The molecule has 3 N–H and O–H groups in total. The van der Waals surface area contributed by atoms with Crippen LogP contribution in [0.15, 0.2) is 47.5 Å². The number of hydrogen-bond acceptors (Lipinski definition) is 3. The molecule has 0 spiro atoms. The van der Waals surface area contributed by atoms with Crippen LogP contribution in [0.25, 0.3) is 0 Å². The molecule has 2 aromatic carbocycles. The number of nitrogens with zero attached hydrogens (tertiary/aromatic N) is 2. The van der Waals surface area contributed by atoms with Crippen molar-refractivity contribution in [3.8, 4) is 5.75 Å². The summed E-state index contributed by atoms with van der Waals surface area (Å²) in [6, 6.07) is 9.24. The van der Waals surface area contributed by atoms with Gasteiger partial charge in [-0.25, -0.2) is 13.8 Å². The van der Waals surface area contributed by atoms with Crippen LogP contribution in [0, 0.1) is 17.6 Å². The van der Waals surface area contributed by atoms with Gasteiger partial charge in [0.25, 0.3) is 0 Å². The average molecular weight is 556 g/mol. The van der Waals surface area contributed by atoms with Gasteiger partial charge in [0.05, 0.1) is 6.54 Å². The van der Waals surface area contributed by atoms with Crippen molar-refractivity contribution >= 4 is 35.6 Å². The van der Waals surface area contributed by atoms with E-state index in [1.807, 2.05) is 4.90 Å². The summed E-state index contributed by atoms with van der Waals surface area (Å²) in [5.41, 5.74) is 7.17. The van der Waals surface area contributed by atoms with Crippen LogP contribution in [0.3, 0.4) is 0 Å². The Bertz CT molecular complexity index is 892. The van der Waals surface area contributed by atoms with Crippen molar-refractivity contribution in [1.82, 2.24) is 5.32 Å². The zero-order valence-electron chi connectivity index (χ0n) is 16.3. The molecule has 1 saturated heterocycles. The number of anilines is 1. The molecule has 1 atom stereocenters. The van der Waals surface area contributed by atoms with Gasteiger partial charge in [-0.1, -0.05) is 12.1 Å². The van der Waals surface area contributed by atoms with E-state index in [2.05, 4.69) is 15.0 Å². The number of nitrogens with one attached hydrogen (secondary N) is 1. The normalized spacial score (nSPS) is 16.7. The first-order valence-corrected chi connectivity index (χ1v) is 9.28. The first-order chi connectivity index (χ1) is 14.2. The highest BCUT2D eigenvalue weighted by Crippen LogP contribution is 2.25. The van der Waals surface area contributed by atoms with E-state index in [1.54, 1.807) is 6.07 Å². The number of rotatable bonds is 6. The van der Waals surface area contributed by atoms with Crippen LogP contribution in [0.2, 0.25) is 0 Å². The molecule has 1 fully saturated rings. The van der Waals surface area contributed by atoms with Crippen LogP contribution in [-0.2, 0) is 6.54 Å².